The quantitative estimate of drug-likeness (QED) is 0.203. The summed E-state index contributed by atoms with van der Waals surface area (Å²) in [6.45, 7) is 2.45. The topological polar surface area (TPSA) is 3.24 Å². The van der Waals surface area contributed by atoms with E-state index in [2.05, 4.69) is 158 Å². The summed E-state index contributed by atoms with van der Waals surface area (Å²) in [5, 5.41) is 8.00. The minimum Gasteiger partial charge on any atom is -0.333 e. The highest BCUT2D eigenvalue weighted by molar-refractivity contribution is 6.26. The van der Waals surface area contributed by atoms with E-state index in [0.717, 1.165) is 6.42 Å². The highest BCUT2D eigenvalue weighted by Gasteiger charge is 2.49. The first-order chi connectivity index (χ1) is 20.7. The second-order valence-corrected chi connectivity index (χ2v) is 12.2. The molecule has 0 fully saturated rings. The van der Waals surface area contributed by atoms with Crippen LogP contribution in [0.1, 0.15) is 18.9 Å². The van der Waals surface area contributed by atoms with E-state index in [1.165, 1.54) is 66.0 Å². The molecule has 0 radical (unpaired) electrons. The molecule has 3 unspecified atom stereocenters. The van der Waals surface area contributed by atoms with E-state index < -0.39 is 0 Å². The van der Waals surface area contributed by atoms with Crippen LogP contribution in [-0.4, -0.2) is 6.04 Å². The van der Waals surface area contributed by atoms with Gasteiger partial charge in [-0.25, -0.2) is 0 Å². The van der Waals surface area contributed by atoms with E-state index in [1.807, 2.05) is 0 Å². The Morgan fingerprint density at radius 2 is 1.45 bits per heavy atom. The van der Waals surface area contributed by atoms with E-state index in [-0.39, 0.29) is 11.5 Å². The fraction of sp³-hybridized carbons (Fsp3) is 0.122. The Balaban J connectivity index is 1.44. The third kappa shape index (κ3) is 3.20. The van der Waals surface area contributed by atoms with Crippen LogP contribution in [0.25, 0.3) is 43.4 Å². The summed E-state index contributed by atoms with van der Waals surface area (Å²) in [6, 6.07) is 31.6. The molecule has 3 aliphatic carbocycles. The van der Waals surface area contributed by atoms with Crippen molar-refractivity contribution in [2.75, 3.05) is 4.90 Å². The van der Waals surface area contributed by atoms with Crippen molar-refractivity contribution in [1.82, 2.24) is 0 Å². The Hall–Kier alpha value is -4.88. The second-order valence-electron chi connectivity index (χ2n) is 12.2. The molecule has 0 N–H and O–H groups in total. The van der Waals surface area contributed by atoms with Gasteiger partial charge in [0.25, 0.3) is 0 Å². The number of fused-ring (bicyclic) bond motifs is 11. The van der Waals surface area contributed by atoms with Crippen LogP contribution in [0.3, 0.4) is 0 Å². The third-order valence-corrected chi connectivity index (χ3v) is 9.95. The Morgan fingerprint density at radius 1 is 0.714 bits per heavy atom. The molecule has 0 spiro atoms. The van der Waals surface area contributed by atoms with Crippen molar-refractivity contribution < 1.29 is 0 Å². The van der Waals surface area contributed by atoms with Gasteiger partial charge in [0.1, 0.15) is 0 Å². The molecule has 0 aromatic heterocycles. The van der Waals surface area contributed by atoms with Gasteiger partial charge in [0.15, 0.2) is 0 Å². The van der Waals surface area contributed by atoms with Crippen molar-refractivity contribution in [3.8, 4) is 11.1 Å². The van der Waals surface area contributed by atoms with Gasteiger partial charge in [-0.1, -0.05) is 134 Å². The minimum atomic E-state index is -0.179. The summed E-state index contributed by atoms with van der Waals surface area (Å²) in [5.74, 6) is 0.475. The molecule has 9 rings (SSSR count). The van der Waals surface area contributed by atoms with Gasteiger partial charge < -0.3 is 4.90 Å². The SMILES string of the molecule is CC12C=CC=CC1N(C1=CCC3C=CC=CC3=C1)c1c2c2c3ccccc3c(-c3ccccc3)cc2c2ccccc12. The number of hydrogen-bond donors (Lipinski definition) is 0. The fourth-order valence-electron chi connectivity index (χ4n) is 8.02. The van der Waals surface area contributed by atoms with E-state index >= 15 is 0 Å². The number of nitrogens with zero attached hydrogens (tertiary/aromatic N) is 1. The van der Waals surface area contributed by atoms with E-state index in [1.54, 1.807) is 0 Å². The Bertz CT molecular complexity index is 2130. The lowest BCUT2D eigenvalue weighted by atomic mass is 9.73. The lowest BCUT2D eigenvalue weighted by molar-refractivity contribution is 0.545. The number of hydrogen-bond acceptors (Lipinski definition) is 1. The smallest absolute Gasteiger partial charge is 0.0655 e. The van der Waals surface area contributed by atoms with Crippen molar-refractivity contribution >= 4 is 38.0 Å². The molecule has 0 saturated heterocycles. The van der Waals surface area contributed by atoms with E-state index in [0.29, 0.717) is 5.92 Å². The van der Waals surface area contributed by atoms with Crippen LogP contribution in [0.4, 0.5) is 5.69 Å². The molecule has 200 valence electrons. The van der Waals surface area contributed by atoms with Crippen molar-refractivity contribution in [1.29, 1.82) is 0 Å². The average Bonchev–Trinajstić information content (AvgIpc) is 3.33. The van der Waals surface area contributed by atoms with Crippen molar-refractivity contribution in [2.45, 2.75) is 24.8 Å². The van der Waals surface area contributed by atoms with Crippen molar-refractivity contribution in [3.05, 3.63) is 163 Å². The predicted octanol–water partition coefficient (Wildman–Crippen LogP) is 10.3. The standard InChI is InChI=1S/C41H31N/c1-41-24-12-11-21-37(41)42(30-23-22-27-13-5-6-16-29(27)25-30)40-34-20-10-8-18-32(34)36-26-35(28-14-3-2-4-15-28)31-17-7-9-19-33(31)38(36)39(40)41/h2-21,23-27,37H,22H2,1H3. The summed E-state index contributed by atoms with van der Waals surface area (Å²) in [5.41, 5.74) is 7.89. The van der Waals surface area contributed by atoms with Crippen LogP contribution < -0.4 is 4.90 Å². The molecule has 5 aromatic rings. The molecule has 42 heavy (non-hydrogen) atoms. The Kier molecular flexibility index (Phi) is 4.99. The van der Waals surface area contributed by atoms with Gasteiger partial charge in [0.2, 0.25) is 0 Å². The highest BCUT2D eigenvalue weighted by atomic mass is 15.2. The van der Waals surface area contributed by atoms with Crippen LogP contribution in [-0.2, 0) is 5.41 Å². The molecule has 1 nitrogen and oxygen atoms in total. The molecule has 1 heterocycles. The Morgan fingerprint density at radius 3 is 2.31 bits per heavy atom. The molecule has 5 aromatic carbocycles. The molecule has 1 aliphatic heterocycles. The van der Waals surface area contributed by atoms with Gasteiger partial charge in [0, 0.05) is 22.4 Å². The fourth-order valence-corrected chi connectivity index (χ4v) is 8.02. The molecule has 4 aliphatic rings. The van der Waals surface area contributed by atoms with Crippen molar-refractivity contribution in [3.63, 3.8) is 0 Å². The van der Waals surface area contributed by atoms with Crippen molar-refractivity contribution in [2.24, 2.45) is 5.92 Å². The normalized spacial score (nSPS) is 23.7. The zero-order chi connectivity index (χ0) is 27.8. The van der Waals surface area contributed by atoms with Crippen LogP contribution in [0, 0.1) is 5.92 Å². The largest absolute Gasteiger partial charge is 0.333 e. The van der Waals surface area contributed by atoms with Crippen LogP contribution in [0.5, 0.6) is 0 Å². The maximum Gasteiger partial charge on any atom is 0.0655 e. The van der Waals surface area contributed by atoms with E-state index in [4.69, 9.17) is 0 Å². The average molecular weight is 538 g/mol. The molecule has 0 saturated carbocycles. The summed E-state index contributed by atoms with van der Waals surface area (Å²) in [6.07, 6.45) is 24.3. The van der Waals surface area contributed by atoms with Gasteiger partial charge in [-0.05, 0) is 74.7 Å². The van der Waals surface area contributed by atoms with E-state index in [9.17, 15) is 0 Å². The monoisotopic (exact) mass is 537 g/mol. The van der Waals surface area contributed by atoms with Crippen LogP contribution >= 0.6 is 0 Å². The first-order valence-corrected chi connectivity index (χ1v) is 15.1. The highest BCUT2D eigenvalue weighted by Crippen LogP contribution is 2.57. The maximum absolute atomic E-state index is 2.66. The lowest BCUT2D eigenvalue weighted by Crippen LogP contribution is -2.41. The number of benzene rings is 5. The zero-order valence-electron chi connectivity index (χ0n) is 23.7. The molecule has 1 heteroatoms. The molecule has 0 bridgehead atoms. The number of allylic oxidation sites excluding steroid dienone is 9. The molecular weight excluding hydrogens is 506 g/mol. The summed E-state index contributed by atoms with van der Waals surface area (Å²) >= 11 is 0. The van der Waals surface area contributed by atoms with Crippen LogP contribution in [0.2, 0.25) is 0 Å². The maximum atomic E-state index is 2.66. The van der Waals surface area contributed by atoms with Gasteiger partial charge in [-0.2, -0.15) is 0 Å². The van der Waals surface area contributed by atoms with Gasteiger partial charge in [0.05, 0.1) is 11.7 Å². The first-order valence-electron chi connectivity index (χ1n) is 15.1. The van der Waals surface area contributed by atoms with Gasteiger partial charge in [-0.15, -0.1) is 0 Å². The lowest BCUT2D eigenvalue weighted by Gasteiger charge is -2.37. The van der Waals surface area contributed by atoms with Gasteiger partial charge >= 0.3 is 0 Å². The van der Waals surface area contributed by atoms with Crippen LogP contribution in [0.15, 0.2) is 157 Å². The summed E-state index contributed by atoms with van der Waals surface area (Å²) in [7, 11) is 0. The molecule has 0 amide bonds. The zero-order valence-corrected chi connectivity index (χ0v) is 23.7. The minimum absolute atomic E-state index is 0.179. The number of rotatable bonds is 2. The Labute approximate surface area is 246 Å². The first kappa shape index (κ1) is 23.8. The number of anilines is 1. The summed E-state index contributed by atoms with van der Waals surface area (Å²) < 4.78 is 0. The summed E-state index contributed by atoms with van der Waals surface area (Å²) in [4.78, 5) is 2.66. The predicted molar refractivity (Wildman–Crippen MR) is 179 cm³/mol. The second kappa shape index (κ2) is 8.81. The van der Waals surface area contributed by atoms with Gasteiger partial charge in [-0.3, -0.25) is 0 Å². The molecular formula is C41H31N. The third-order valence-electron chi connectivity index (χ3n) is 9.95. The molecule has 3 atom stereocenters.